The van der Waals surface area contributed by atoms with Gasteiger partial charge in [0.1, 0.15) is 0 Å². The van der Waals surface area contributed by atoms with Crippen molar-refractivity contribution in [2.24, 2.45) is 5.92 Å². The van der Waals surface area contributed by atoms with Crippen molar-refractivity contribution in [3.63, 3.8) is 0 Å². The lowest BCUT2D eigenvalue weighted by Crippen LogP contribution is -2.28. The average molecular weight is 146 g/mol. The first-order valence-corrected chi connectivity index (χ1v) is 3.99. The molecule has 0 saturated heterocycles. The number of hydrogen-bond acceptors (Lipinski definition) is 2. The Labute approximate surface area is 62.9 Å². The second kappa shape index (κ2) is 4.69. The van der Waals surface area contributed by atoms with Gasteiger partial charge in [-0.3, -0.25) is 0 Å². The van der Waals surface area contributed by atoms with Crippen molar-refractivity contribution in [2.75, 3.05) is 0 Å². The maximum absolute atomic E-state index is 9.33. The Morgan fingerprint density at radius 2 is 1.60 bits per heavy atom. The van der Waals surface area contributed by atoms with E-state index < -0.39 is 0 Å². The molecule has 2 heteroatoms. The highest BCUT2D eigenvalue weighted by Crippen LogP contribution is 2.15. The molecule has 0 aliphatic heterocycles. The maximum Gasteiger partial charge on any atom is 0.0590 e. The second-order valence-corrected chi connectivity index (χ2v) is 2.79. The van der Waals surface area contributed by atoms with Crippen molar-refractivity contribution >= 4 is 0 Å². The molecule has 10 heavy (non-hydrogen) atoms. The number of rotatable bonds is 4. The monoisotopic (exact) mass is 146 g/mol. The van der Waals surface area contributed by atoms with Crippen LogP contribution in [0, 0.1) is 5.92 Å². The summed E-state index contributed by atoms with van der Waals surface area (Å²) in [6, 6.07) is 0. The fourth-order valence-corrected chi connectivity index (χ4v) is 1.24. The first kappa shape index (κ1) is 9.92. The van der Waals surface area contributed by atoms with Crippen LogP contribution in [0.1, 0.15) is 33.6 Å². The molecule has 0 aromatic heterocycles. The summed E-state index contributed by atoms with van der Waals surface area (Å²) in [6.07, 6.45) is 0.834. The molecule has 0 aliphatic carbocycles. The highest BCUT2D eigenvalue weighted by Gasteiger charge is 2.19. The first-order chi connectivity index (χ1) is 4.63. The van der Waals surface area contributed by atoms with Gasteiger partial charge in [-0.05, 0) is 19.8 Å². The first-order valence-electron chi connectivity index (χ1n) is 3.99. The van der Waals surface area contributed by atoms with Crippen LogP contribution in [0.2, 0.25) is 0 Å². The highest BCUT2D eigenvalue weighted by molar-refractivity contribution is 4.70. The molecule has 0 aliphatic rings. The molecule has 0 bridgehead atoms. The summed E-state index contributed by atoms with van der Waals surface area (Å²) in [6.45, 7) is 5.64. The molecule has 2 nitrogen and oxygen atoms in total. The van der Waals surface area contributed by atoms with Crippen LogP contribution in [0.3, 0.4) is 0 Å². The van der Waals surface area contributed by atoms with Crippen LogP contribution in [0.5, 0.6) is 0 Å². The Balaban J connectivity index is 3.80. The molecule has 2 N–H and O–H groups in total. The predicted molar refractivity (Wildman–Crippen MR) is 41.8 cm³/mol. The summed E-state index contributed by atoms with van der Waals surface area (Å²) >= 11 is 0. The average Bonchev–Trinajstić information content (AvgIpc) is 1.88. The predicted octanol–water partition coefficient (Wildman–Crippen LogP) is 1.16. The minimum Gasteiger partial charge on any atom is -0.393 e. The molecule has 0 aromatic rings. The third kappa shape index (κ3) is 2.67. The van der Waals surface area contributed by atoms with Gasteiger partial charge in [-0.1, -0.05) is 13.8 Å². The molecule has 0 fully saturated rings. The molecule has 0 spiro atoms. The van der Waals surface area contributed by atoms with Crippen LogP contribution in [0.4, 0.5) is 0 Å². The van der Waals surface area contributed by atoms with Crippen molar-refractivity contribution in [3.05, 3.63) is 0 Å². The Kier molecular flexibility index (Phi) is 4.65. The highest BCUT2D eigenvalue weighted by atomic mass is 16.3. The van der Waals surface area contributed by atoms with Crippen LogP contribution in [0.15, 0.2) is 0 Å². The van der Waals surface area contributed by atoms with E-state index in [1.54, 1.807) is 6.92 Å². The van der Waals surface area contributed by atoms with Crippen LogP contribution in [-0.4, -0.2) is 22.4 Å². The number of hydrogen-bond donors (Lipinski definition) is 2. The third-order valence-corrected chi connectivity index (χ3v) is 2.00. The van der Waals surface area contributed by atoms with E-state index in [1.807, 2.05) is 13.8 Å². The van der Waals surface area contributed by atoms with Crippen molar-refractivity contribution in [3.8, 4) is 0 Å². The molecule has 0 radical (unpaired) electrons. The van der Waals surface area contributed by atoms with Crippen LogP contribution in [-0.2, 0) is 0 Å². The summed E-state index contributed by atoms with van der Waals surface area (Å²) in [5, 5.41) is 18.5. The Morgan fingerprint density at radius 3 is 1.70 bits per heavy atom. The summed E-state index contributed by atoms with van der Waals surface area (Å²) in [7, 11) is 0. The number of aliphatic hydroxyl groups excluding tert-OH is 2. The summed E-state index contributed by atoms with van der Waals surface area (Å²) in [5.74, 6) is 0.0463. The van der Waals surface area contributed by atoms with E-state index in [-0.39, 0.29) is 18.1 Å². The zero-order valence-electron chi connectivity index (χ0n) is 7.04. The zero-order valence-corrected chi connectivity index (χ0v) is 7.04. The third-order valence-electron chi connectivity index (χ3n) is 2.00. The molecular weight excluding hydrogens is 128 g/mol. The molecule has 0 aromatic carbocycles. The van der Waals surface area contributed by atoms with Gasteiger partial charge in [0.25, 0.3) is 0 Å². The van der Waals surface area contributed by atoms with Crippen LogP contribution < -0.4 is 0 Å². The van der Waals surface area contributed by atoms with E-state index in [1.165, 1.54) is 0 Å². The van der Waals surface area contributed by atoms with Crippen LogP contribution >= 0.6 is 0 Å². The minimum atomic E-state index is -0.389. The second-order valence-electron chi connectivity index (χ2n) is 2.79. The quantitative estimate of drug-likeness (QED) is 0.625. The molecule has 3 unspecified atom stereocenters. The molecule has 3 atom stereocenters. The van der Waals surface area contributed by atoms with E-state index in [2.05, 4.69) is 0 Å². The SMILES string of the molecule is CCC(O)C(CC)C(C)O. The lowest BCUT2D eigenvalue weighted by molar-refractivity contribution is 0.0180. The van der Waals surface area contributed by atoms with Gasteiger partial charge in [-0.15, -0.1) is 0 Å². The van der Waals surface area contributed by atoms with E-state index in [9.17, 15) is 5.11 Å². The van der Waals surface area contributed by atoms with Crippen molar-refractivity contribution in [1.82, 2.24) is 0 Å². The van der Waals surface area contributed by atoms with Crippen LogP contribution in [0.25, 0.3) is 0 Å². The lowest BCUT2D eigenvalue weighted by Gasteiger charge is -2.22. The lowest BCUT2D eigenvalue weighted by atomic mass is 9.93. The normalized spacial score (nSPS) is 20.1. The smallest absolute Gasteiger partial charge is 0.0590 e. The standard InChI is InChI=1S/C8H18O2/c1-4-7(6(3)9)8(10)5-2/h6-10H,4-5H2,1-3H3. The Bertz CT molecular complexity index is 81.3. The van der Waals surface area contributed by atoms with E-state index in [0.29, 0.717) is 0 Å². The fraction of sp³-hybridized carbons (Fsp3) is 1.00. The fourth-order valence-electron chi connectivity index (χ4n) is 1.24. The Hall–Kier alpha value is -0.0800. The summed E-state index contributed by atoms with van der Waals surface area (Å²) in [5.41, 5.74) is 0. The molecule has 0 amide bonds. The zero-order chi connectivity index (χ0) is 8.15. The molecular formula is C8H18O2. The maximum atomic E-state index is 9.33. The van der Waals surface area contributed by atoms with E-state index in [4.69, 9.17) is 5.11 Å². The van der Waals surface area contributed by atoms with Crippen molar-refractivity contribution < 1.29 is 10.2 Å². The number of aliphatic hydroxyl groups is 2. The molecule has 0 rings (SSSR count). The molecule has 0 heterocycles. The minimum absolute atomic E-state index is 0.0463. The molecule has 62 valence electrons. The van der Waals surface area contributed by atoms with Gasteiger partial charge in [0, 0.05) is 5.92 Å². The van der Waals surface area contributed by atoms with Gasteiger partial charge in [-0.2, -0.15) is 0 Å². The van der Waals surface area contributed by atoms with Gasteiger partial charge in [0.2, 0.25) is 0 Å². The summed E-state index contributed by atoms with van der Waals surface area (Å²) < 4.78 is 0. The van der Waals surface area contributed by atoms with Gasteiger partial charge < -0.3 is 10.2 Å². The van der Waals surface area contributed by atoms with Crippen molar-refractivity contribution in [1.29, 1.82) is 0 Å². The topological polar surface area (TPSA) is 40.5 Å². The van der Waals surface area contributed by atoms with Gasteiger partial charge in [-0.25, -0.2) is 0 Å². The van der Waals surface area contributed by atoms with Gasteiger partial charge in [0.15, 0.2) is 0 Å². The summed E-state index contributed by atoms with van der Waals surface area (Å²) in [4.78, 5) is 0. The van der Waals surface area contributed by atoms with Crippen molar-refractivity contribution in [2.45, 2.75) is 45.8 Å². The van der Waals surface area contributed by atoms with E-state index in [0.717, 1.165) is 12.8 Å². The van der Waals surface area contributed by atoms with Gasteiger partial charge in [0.05, 0.1) is 12.2 Å². The molecule has 0 saturated carbocycles. The van der Waals surface area contributed by atoms with E-state index >= 15 is 0 Å². The van der Waals surface area contributed by atoms with Gasteiger partial charge >= 0.3 is 0 Å². The largest absolute Gasteiger partial charge is 0.393 e. The Morgan fingerprint density at radius 1 is 1.10 bits per heavy atom.